The van der Waals surface area contributed by atoms with Gasteiger partial charge in [-0.3, -0.25) is 0 Å². The van der Waals surface area contributed by atoms with E-state index in [0.717, 1.165) is 69.6 Å². The molecule has 0 saturated carbocycles. The van der Waals surface area contributed by atoms with Crippen molar-refractivity contribution in [3.8, 4) is 45.6 Å². The first-order valence-electron chi connectivity index (χ1n) is 11.2. The first-order valence-corrected chi connectivity index (χ1v) is 11.2. The average Bonchev–Trinajstić information content (AvgIpc) is 3.36. The van der Waals surface area contributed by atoms with E-state index < -0.39 is 0 Å². The van der Waals surface area contributed by atoms with Gasteiger partial charge < -0.3 is 23.7 Å². The molecule has 0 unspecified atom stereocenters. The Kier molecular flexibility index (Phi) is 6.25. The molecule has 1 aliphatic rings. The summed E-state index contributed by atoms with van der Waals surface area (Å²) in [5, 5.41) is 0. The molecule has 1 heterocycles. The van der Waals surface area contributed by atoms with E-state index in [1.807, 2.05) is 60.7 Å². The zero-order valence-electron chi connectivity index (χ0n) is 19.2. The van der Waals surface area contributed by atoms with Crippen LogP contribution in [0.4, 0.5) is 0 Å². The van der Waals surface area contributed by atoms with Crippen LogP contribution in [0.2, 0.25) is 0 Å². The average molecular weight is 455 g/mol. The highest BCUT2D eigenvalue weighted by atomic mass is 16.7. The van der Waals surface area contributed by atoms with Crippen molar-refractivity contribution in [2.75, 3.05) is 21.0 Å². The number of para-hydroxylation sites is 2. The van der Waals surface area contributed by atoms with Crippen molar-refractivity contribution in [2.24, 2.45) is 0 Å². The molecular weight excluding hydrogens is 428 g/mol. The van der Waals surface area contributed by atoms with Crippen molar-refractivity contribution in [2.45, 2.75) is 12.8 Å². The van der Waals surface area contributed by atoms with E-state index in [4.69, 9.17) is 23.7 Å². The van der Waals surface area contributed by atoms with E-state index in [9.17, 15) is 0 Å². The van der Waals surface area contributed by atoms with Gasteiger partial charge in [-0.25, -0.2) is 0 Å². The maximum atomic E-state index is 6.47. The molecule has 5 rings (SSSR count). The minimum Gasteiger partial charge on any atom is -0.497 e. The minimum absolute atomic E-state index is 0.246. The highest BCUT2D eigenvalue weighted by Gasteiger charge is 2.18. The predicted molar refractivity (Wildman–Crippen MR) is 131 cm³/mol. The molecular formula is C29H26O5. The quantitative estimate of drug-likeness (QED) is 0.297. The first kappa shape index (κ1) is 21.7. The predicted octanol–water partition coefficient (Wildman–Crippen LogP) is 6.68. The van der Waals surface area contributed by atoms with Gasteiger partial charge in [0.05, 0.1) is 14.2 Å². The number of methoxy groups -OCH3 is 2. The molecule has 0 aliphatic carbocycles. The summed E-state index contributed by atoms with van der Waals surface area (Å²) < 4.78 is 28.5. The standard InChI is InChI=1S/C29H26O5/c1-30-24-15-13-20(27(18-24)31-2)11-12-21-7-6-10-25(29(21)34-23-8-4-3-5-9-23)22-14-16-26-28(17-22)33-19-32-26/h3-10,13-18H,11-12,19H2,1-2H3. The fourth-order valence-corrected chi connectivity index (χ4v) is 4.13. The van der Waals surface area contributed by atoms with Gasteiger partial charge in [-0.15, -0.1) is 0 Å². The van der Waals surface area contributed by atoms with Crippen LogP contribution in [0.5, 0.6) is 34.5 Å². The minimum atomic E-state index is 0.246. The van der Waals surface area contributed by atoms with E-state index in [0.29, 0.717) is 0 Å². The summed E-state index contributed by atoms with van der Waals surface area (Å²) in [7, 11) is 3.34. The molecule has 1 aliphatic heterocycles. The van der Waals surface area contributed by atoms with Crippen molar-refractivity contribution < 1.29 is 23.7 Å². The second-order valence-corrected chi connectivity index (χ2v) is 7.95. The van der Waals surface area contributed by atoms with Gasteiger partial charge in [0, 0.05) is 11.6 Å². The Hall–Kier alpha value is -4.12. The van der Waals surface area contributed by atoms with Crippen molar-refractivity contribution in [3.63, 3.8) is 0 Å². The van der Waals surface area contributed by atoms with Crippen LogP contribution in [-0.2, 0) is 12.8 Å². The Labute approximate surface area is 199 Å². The van der Waals surface area contributed by atoms with E-state index >= 15 is 0 Å². The summed E-state index contributed by atoms with van der Waals surface area (Å²) in [5.74, 6) is 4.72. The number of aryl methyl sites for hydroxylation is 2. The monoisotopic (exact) mass is 454 g/mol. The van der Waals surface area contributed by atoms with E-state index in [1.165, 1.54) is 0 Å². The third kappa shape index (κ3) is 4.50. The van der Waals surface area contributed by atoms with E-state index in [2.05, 4.69) is 24.3 Å². The van der Waals surface area contributed by atoms with E-state index in [1.54, 1.807) is 14.2 Å². The molecule has 0 fully saturated rings. The molecule has 0 saturated heterocycles. The molecule has 5 nitrogen and oxygen atoms in total. The molecule has 0 N–H and O–H groups in total. The number of ether oxygens (including phenoxy) is 5. The van der Waals surface area contributed by atoms with Crippen LogP contribution in [0.1, 0.15) is 11.1 Å². The zero-order chi connectivity index (χ0) is 23.3. The summed E-state index contributed by atoms with van der Waals surface area (Å²) in [6.07, 6.45) is 1.58. The third-order valence-electron chi connectivity index (χ3n) is 5.90. The first-order chi connectivity index (χ1) is 16.7. The van der Waals surface area contributed by atoms with Gasteiger partial charge in [0.15, 0.2) is 11.5 Å². The number of hydrogen-bond donors (Lipinski definition) is 0. The summed E-state index contributed by atoms with van der Waals surface area (Å²) in [6.45, 7) is 0.246. The lowest BCUT2D eigenvalue weighted by molar-refractivity contribution is 0.174. The molecule has 0 amide bonds. The number of hydrogen-bond acceptors (Lipinski definition) is 5. The lowest BCUT2D eigenvalue weighted by atomic mass is 9.97. The number of benzene rings is 4. The van der Waals surface area contributed by atoms with Crippen molar-refractivity contribution in [3.05, 3.63) is 96.1 Å². The molecule has 172 valence electrons. The molecule has 0 spiro atoms. The highest BCUT2D eigenvalue weighted by Crippen LogP contribution is 2.41. The lowest BCUT2D eigenvalue weighted by Gasteiger charge is -2.17. The molecule has 34 heavy (non-hydrogen) atoms. The van der Waals surface area contributed by atoms with Gasteiger partial charge in [-0.05, 0) is 59.9 Å². The lowest BCUT2D eigenvalue weighted by Crippen LogP contribution is -2.00. The number of fused-ring (bicyclic) bond motifs is 1. The second kappa shape index (κ2) is 9.79. The Morgan fingerprint density at radius 3 is 2.32 bits per heavy atom. The van der Waals surface area contributed by atoms with Crippen LogP contribution < -0.4 is 23.7 Å². The Balaban J connectivity index is 1.51. The molecule has 4 aromatic rings. The van der Waals surface area contributed by atoms with Crippen molar-refractivity contribution in [1.29, 1.82) is 0 Å². The third-order valence-corrected chi connectivity index (χ3v) is 5.90. The number of rotatable bonds is 8. The van der Waals surface area contributed by atoms with Gasteiger partial charge in [0.2, 0.25) is 6.79 Å². The molecule has 0 atom stereocenters. The van der Waals surface area contributed by atoms with Crippen LogP contribution >= 0.6 is 0 Å². The largest absolute Gasteiger partial charge is 0.497 e. The fraction of sp³-hybridized carbons (Fsp3) is 0.172. The normalized spacial score (nSPS) is 11.8. The van der Waals surface area contributed by atoms with Crippen LogP contribution in [-0.4, -0.2) is 21.0 Å². The molecule has 0 radical (unpaired) electrons. The zero-order valence-corrected chi connectivity index (χ0v) is 19.2. The second-order valence-electron chi connectivity index (χ2n) is 7.95. The van der Waals surface area contributed by atoms with Gasteiger partial charge in [-0.1, -0.05) is 48.5 Å². The summed E-state index contributed by atoms with van der Waals surface area (Å²) in [4.78, 5) is 0. The van der Waals surface area contributed by atoms with Gasteiger partial charge in [-0.2, -0.15) is 0 Å². The van der Waals surface area contributed by atoms with Crippen LogP contribution in [0.15, 0.2) is 84.9 Å². The Morgan fingerprint density at radius 2 is 1.50 bits per heavy atom. The molecule has 0 aromatic heterocycles. The summed E-state index contributed by atoms with van der Waals surface area (Å²) in [5.41, 5.74) is 4.24. The summed E-state index contributed by atoms with van der Waals surface area (Å²) >= 11 is 0. The molecule has 5 heteroatoms. The fourth-order valence-electron chi connectivity index (χ4n) is 4.13. The van der Waals surface area contributed by atoms with Crippen LogP contribution in [0, 0.1) is 0 Å². The maximum Gasteiger partial charge on any atom is 0.231 e. The van der Waals surface area contributed by atoms with Gasteiger partial charge >= 0.3 is 0 Å². The van der Waals surface area contributed by atoms with Crippen LogP contribution in [0.25, 0.3) is 11.1 Å². The van der Waals surface area contributed by atoms with Crippen LogP contribution in [0.3, 0.4) is 0 Å². The molecule has 0 bridgehead atoms. The van der Waals surface area contributed by atoms with Gasteiger partial charge in [0.25, 0.3) is 0 Å². The Morgan fingerprint density at radius 1 is 0.676 bits per heavy atom. The van der Waals surface area contributed by atoms with Crippen molar-refractivity contribution in [1.82, 2.24) is 0 Å². The summed E-state index contributed by atoms with van der Waals surface area (Å²) in [6, 6.07) is 28.0. The highest BCUT2D eigenvalue weighted by molar-refractivity contribution is 5.75. The Bertz CT molecular complexity index is 1280. The van der Waals surface area contributed by atoms with Gasteiger partial charge in [0.1, 0.15) is 23.0 Å². The SMILES string of the molecule is COc1ccc(CCc2cccc(-c3ccc4c(c3)OCO4)c2Oc2ccccc2)c(OC)c1. The smallest absolute Gasteiger partial charge is 0.231 e. The topological polar surface area (TPSA) is 46.2 Å². The van der Waals surface area contributed by atoms with E-state index in [-0.39, 0.29) is 6.79 Å². The van der Waals surface area contributed by atoms with Crippen molar-refractivity contribution >= 4 is 0 Å². The maximum absolute atomic E-state index is 6.47. The molecule has 4 aromatic carbocycles.